The van der Waals surface area contributed by atoms with Crippen LogP contribution < -0.4 is 14.2 Å². The van der Waals surface area contributed by atoms with Crippen molar-refractivity contribution in [2.45, 2.75) is 19.4 Å². The van der Waals surface area contributed by atoms with Gasteiger partial charge in [0.1, 0.15) is 5.75 Å². The molecule has 0 saturated heterocycles. The second kappa shape index (κ2) is 7.14. The average Bonchev–Trinajstić information content (AvgIpc) is 2.61. The third kappa shape index (κ3) is 3.06. The van der Waals surface area contributed by atoms with Crippen molar-refractivity contribution in [3.63, 3.8) is 0 Å². The third-order valence-corrected chi connectivity index (χ3v) is 4.63. The number of hydrogen-bond donors (Lipinski definition) is 0. The Hall–Kier alpha value is -2.20. The Morgan fingerprint density at radius 1 is 1.04 bits per heavy atom. The first kappa shape index (κ1) is 16.7. The van der Waals surface area contributed by atoms with Gasteiger partial charge in [-0.2, -0.15) is 0 Å². The second-order valence-electron chi connectivity index (χ2n) is 6.04. The number of fused-ring (bicyclic) bond motifs is 1. The van der Waals surface area contributed by atoms with Crippen LogP contribution in [0.15, 0.2) is 36.4 Å². The lowest BCUT2D eigenvalue weighted by Gasteiger charge is -2.35. The molecule has 0 fully saturated rings. The molecule has 1 aliphatic heterocycles. The minimum Gasteiger partial charge on any atom is -0.497 e. The van der Waals surface area contributed by atoms with Crippen molar-refractivity contribution >= 4 is 0 Å². The summed E-state index contributed by atoms with van der Waals surface area (Å²) in [5, 5.41) is 0. The number of methoxy groups -OCH3 is 2. The van der Waals surface area contributed by atoms with E-state index in [1.807, 2.05) is 19.1 Å². The van der Waals surface area contributed by atoms with E-state index in [9.17, 15) is 0 Å². The van der Waals surface area contributed by atoms with Gasteiger partial charge in [-0.05, 0) is 61.3 Å². The van der Waals surface area contributed by atoms with E-state index in [1.54, 1.807) is 14.2 Å². The Morgan fingerprint density at radius 3 is 2.42 bits per heavy atom. The van der Waals surface area contributed by atoms with Gasteiger partial charge in [-0.1, -0.05) is 12.1 Å². The number of hydrogen-bond acceptors (Lipinski definition) is 4. The van der Waals surface area contributed by atoms with Crippen LogP contribution in [-0.4, -0.2) is 39.3 Å². The van der Waals surface area contributed by atoms with Crippen LogP contribution in [0, 0.1) is 0 Å². The van der Waals surface area contributed by atoms with Crippen LogP contribution in [0.25, 0.3) is 0 Å². The fourth-order valence-electron chi connectivity index (χ4n) is 3.40. The highest BCUT2D eigenvalue weighted by molar-refractivity contribution is 5.52. The molecule has 4 nitrogen and oxygen atoms in total. The van der Waals surface area contributed by atoms with Crippen LogP contribution in [-0.2, 0) is 6.42 Å². The summed E-state index contributed by atoms with van der Waals surface area (Å²) >= 11 is 0. The molecule has 0 aliphatic carbocycles. The lowest BCUT2D eigenvalue weighted by Crippen LogP contribution is -2.32. The highest BCUT2D eigenvalue weighted by Crippen LogP contribution is 2.40. The fourth-order valence-corrected chi connectivity index (χ4v) is 3.40. The summed E-state index contributed by atoms with van der Waals surface area (Å²) in [7, 11) is 5.56. The molecule has 1 heterocycles. The molecular weight excluding hydrogens is 302 g/mol. The largest absolute Gasteiger partial charge is 0.497 e. The molecule has 0 amide bonds. The van der Waals surface area contributed by atoms with Crippen LogP contribution in [0.1, 0.15) is 29.7 Å². The Kier molecular flexibility index (Phi) is 4.95. The first-order valence-electron chi connectivity index (χ1n) is 8.35. The van der Waals surface area contributed by atoms with E-state index in [1.165, 1.54) is 16.7 Å². The van der Waals surface area contributed by atoms with E-state index in [-0.39, 0.29) is 6.04 Å². The first-order valence-corrected chi connectivity index (χ1v) is 8.35. The minimum absolute atomic E-state index is 0.213. The summed E-state index contributed by atoms with van der Waals surface area (Å²) in [6, 6.07) is 12.8. The van der Waals surface area contributed by atoms with Gasteiger partial charge in [0, 0.05) is 6.54 Å². The van der Waals surface area contributed by atoms with Crippen LogP contribution in [0.4, 0.5) is 0 Å². The smallest absolute Gasteiger partial charge is 0.161 e. The zero-order valence-electron chi connectivity index (χ0n) is 14.8. The molecule has 2 aromatic rings. The molecular formula is C20H25NO3. The molecule has 1 aliphatic rings. The highest BCUT2D eigenvalue weighted by atomic mass is 16.5. The molecule has 0 radical (unpaired) electrons. The molecule has 2 aromatic carbocycles. The van der Waals surface area contributed by atoms with Crippen LogP contribution in [0.3, 0.4) is 0 Å². The number of nitrogens with zero attached hydrogens (tertiary/aromatic N) is 1. The predicted octanol–water partition coefficient (Wildman–Crippen LogP) is 3.68. The molecule has 4 heteroatoms. The zero-order valence-corrected chi connectivity index (χ0v) is 14.8. The standard InChI is InChI=1S/C20H25NO3/c1-5-24-19-13-17-15(12-18(19)23-4)10-11-21(2)20(17)14-6-8-16(22-3)9-7-14/h6-9,12-13,20H,5,10-11H2,1-4H3. The van der Waals surface area contributed by atoms with Gasteiger partial charge in [0.2, 0.25) is 0 Å². The molecule has 128 valence electrons. The van der Waals surface area contributed by atoms with Crippen LogP contribution >= 0.6 is 0 Å². The maximum absolute atomic E-state index is 5.79. The van der Waals surface area contributed by atoms with E-state index < -0.39 is 0 Å². The number of benzene rings is 2. The van der Waals surface area contributed by atoms with Crippen molar-refractivity contribution in [1.29, 1.82) is 0 Å². The van der Waals surface area contributed by atoms with Gasteiger partial charge in [-0.3, -0.25) is 4.90 Å². The Bertz CT molecular complexity index is 697. The SMILES string of the molecule is CCOc1cc2c(cc1OC)CCN(C)C2c1ccc(OC)cc1. The lowest BCUT2D eigenvalue weighted by molar-refractivity contribution is 0.260. The zero-order chi connectivity index (χ0) is 17.1. The summed E-state index contributed by atoms with van der Waals surface area (Å²) in [6.45, 7) is 3.63. The highest BCUT2D eigenvalue weighted by Gasteiger charge is 2.28. The molecule has 0 N–H and O–H groups in total. The molecule has 1 unspecified atom stereocenters. The summed E-state index contributed by atoms with van der Waals surface area (Å²) in [5.74, 6) is 2.50. The number of rotatable bonds is 5. The van der Waals surface area contributed by atoms with Gasteiger partial charge in [0.05, 0.1) is 26.9 Å². The number of ether oxygens (including phenoxy) is 3. The summed E-state index contributed by atoms with van der Waals surface area (Å²) in [6.07, 6.45) is 1.02. The maximum Gasteiger partial charge on any atom is 0.161 e. The van der Waals surface area contributed by atoms with Crippen molar-refractivity contribution in [2.24, 2.45) is 0 Å². The van der Waals surface area contributed by atoms with Gasteiger partial charge < -0.3 is 14.2 Å². The fraction of sp³-hybridized carbons (Fsp3) is 0.400. The Balaban J connectivity index is 2.06. The Morgan fingerprint density at radius 2 is 1.79 bits per heavy atom. The summed E-state index contributed by atoms with van der Waals surface area (Å²) in [5.41, 5.74) is 3.87. The van der Waals surface area contributed by atoms with Gasteiger partial charge >= 0.3 is 0 Å². The molecule has 3 rings (SSSR count). The van der Waals surface area contributed by atoms with Gasteiger partial charge in [-0.15, -0.1) is 0 Å². The quantitative estimate of drug-likeness (QED) is 0.838. The monoisotopic (exact) mass is 327 g/mol. The second-order valence-corrected chi connectivity index (χ2v) is 6.04. The van der Waals surface area contributed by atoms with E-state index in [0.717, 1.165) is 30.2 Å². The first-order chi connectivity index (χ1) is 11.7. The van der Waals surface area contributed by atoms with Crippen molar-refractivity contribution in [3.8, 4) is 17.2 Å². The summed E-state index contributed by atoms with van der Waals surface area (Å²) in [4.78, 5) is 2.38. The van der Waals surface area contributed by atoms with Crippen molar-refractivity contribution in [1.82, 2.24) is 4.90 Å². The maximum atomic E-state index is 5.79. The molecule has 0 aromatic heterocycles. The third-order valence-electron chi connectivity index (χ3n) is 4.63. The molecule has 0 bridgehead atoms. The van der Waals surface area contributed by atoms with Crippen molar-refractivity contribution < 1.29 is 14.2 Å². The minimum atomic E-state index is 0.213. The molecule has 0 saturated carbocycles. The Labute approximate surface area is 144 Å². The van der Waals surface area contributed by atoms with Crippen LogP contribution in [0.5, 0.6) is 17.2 Å². The number of likely N-dealkylation sites (N-methyl/N-ethyl adjacent to an activating group) is 1. The molecule has 1 atom stereocenters. The van der Waals surface area contributed by atoms with E-state index in [2.05, 4.69) is 36.2 Å². The lowest BCUT2D eigenvalue weighted by atomic mass is 9.88. The van der Waals surface area contributed by atoms with Crippen LogP contribution in [0.2, 0.25) is 0 Å². The normalized spacial score (nSPS) is 17.2. The average molecular weight is 327 g/mol. The topological polar surface area (TPSA) is 30.9 Å². The van der Waals surface area contributed by atoms with Crippen molar-refractivity contribution in [2.75, 3.05) is 34.4 Å². The van der Waals surface area contributed by atoms with Gasteiger partial charge in [-0.25, -0.2) is 0 Å². The van der Waals surface area contributed by atoms with E-state index >= 15 is 0 Å². The van der Waals surface area contributed by atoms with E-state index in [4.69, 9.17) is 14.2 Å². The van der Waals surface area contributed by atoms with E-state index in [0.29, 0.717) is 6.61 Å². The van der Waals surface area contributed by atoms with Gasteiger partial charge in [0.15, 0.2) is 11.5 Å². The summed E-state index contributed by atoms with van der Waals surface area (Å²) < 4.78 is 16.6. The molecule has 24 heavy (non-hydrogen) atoms. The van der Waals surface area contributed by atoms with Crippen molar-refractivity contribution in [3.05, 3.63) is 53.1 Å². The molecule has 0 spiro atoms. The predicted molar refractivity (Wildman–Crippen MR) is 95.3 cm³/mol. The van der Waals surface area contributed by atoms with Gasteiger partial charge in [0.25, 0.3) is 0 Å².